The second-order valence-electron chi connectivity index (χ2n) is 6.18. The zero-order valence-corrected chi connectivity index (χ0v) is 17.9. The van der Waals surface area contributed by atoms with Crippen LogP contribution in [0.3, 0.4) is 0 Å². The van der Waals surface area contributed by atoms with Crippen molar-refractivity contribution in [3.63, 3.8) is 0 Å². The lowest BCUT2D eigenvalue weighted by Crippen LogP contribution is -2.27. The molecule has 1 aliphatic heterocycles. The highest BCUT2D eigenvalue weighted by atomic mass is 32.2. The highest BCUT2D eigenvalue weighted by molar-refractivity contribution is 8.16. The molecule has 1 aromatic heterocycles. The summed E-state index contributed by atoms with van der Waals surface area (Å²) in [6.45, 7) is 2.84. The number of esters is 1. The minimum absolute atomic E-state index is 0.0432. The summed E-state index contributed by atoms with van der Waals surface area (Å²) < 4.78 is 11.0. The Morgan fingerprint density at radius 2 is 2.11 bits per heavy atom. The van der Waals surface area contributed by atoms with Gasteiger partial charge in [0.05, 0.1) is 22.9 Å². The highest BCUT2D eigenvalue weighted by Crippen LogP contribution is 2.53. The number of hydrogen-bond acceptors (Lipinski definition) is 6. The molecule has 2 heterocycles. The van der Waals surface area contributed by atoms with Gasteiger partial charge in [-0.3, -0.25) is 0 Å². The lowest BCUT2D eigenvalue weighted by molar-refractivity contribution is 0.0526. The third-order valence-corrected chi connectivity index (χ3v) is 7.78. The molecule has 0 saturated carbocycles. The summed E-state index contributed by atoms with van der Waals surface area (Å²) >= 11 is 3.74. The van der Waals surface area contributed by atoms with Gasteiger partial charge in [-0.1, -0.05) is 24.1 Å². The zero-order valence-electron chi connectivity index (χ0n) is 16.3. The van der Waals surface area contributed by atoms with Crippen LogP contribution in [0.5, 0.6) is 5.75 Å². The smallest absolute Gasteiger partial charge is 0.339 e. The summed E-state index contributed by atoms with van der Waals surface area (Å²) in [6, 6.07) is 9.74. The first-order chi connectivity index (χ1) is 13.6. The molecule has 146 valence electrons. The minimum Gasteiger partial charge on any atom is -0.493 e. The fraction of sp³-hybridized carbons (Fsp3) is 0.364. The summed E-state index contributed by atoms with van der Waals surface area (Å²) in [6.07, 6.45) is 7.39. The van der Waals surface area contributed by atoms with Crippen molar-refractivity contribution in [2.45, 2.75) is 23.8 Å². The lowest BCUT2D eigenvalue weighted by atomic mass is 9.99. The predicted octanol–water partition coefficient (Wildman–Crippen LogP) is 4.51. The molecule has 0 unspecified atom stereocenters. The van der Waals surface area contributed by atoms with Crippen LogP contribution in [-0.4, -0.2) is 36.7 Å². The van der Waals surface area contributed by atoms with Gasteiger partial charge in [0.1, 0.15) is 11.4 Å². The number of carbonyl (C=O) groups excluding carboxylic acids is 1. The van der Waals surface area contributed by atoms with Crippen LogP contribution in [-0.2, 0) is 15.2 Å². The van der Waals surface area contributed by atoms with Gasteiger partial charge in [-0.15, -0.1) is 23.5 Å². The van der Waals surface area contributed by atoms with Crippen molar-refractivity contribution in [3.8, 4) is 17.6 Å². The molecule has 0 fully saturated rings. The van der Waals surface area contributed by atoms with Crippen molar-refractivity contribution < 1.29 is 14.3 Å². The highest BCUT2D eigenvalue weighted by Gasteiger charge is 2.37. The standard InChI is InChI=1S/C22H23NO3S2/c1-4-25-21(24)17-11-12-18(23-15-17)9-5-7-16-8-6-10-19-20(16)26-14-13-22(19,27-2)28-3/h6,8,10-12,15H,4,7,13-14H2,1-3H3. The molecule has 4 nitrogen and oxygen atoms in total. The molecular weight excluding hydrogens is 390 g/mol. The van der Waals surface area contributed by atoms with E-state index >= 15 is 0 Å². The number of thioether (sulfide) groups is 2. The monoisotopic (exact) mass is 413 g/mol. The Bertz CT molecular complexity index is 896. The Labute approximate surface area is 174 Å². The molecule has 0 radical (unpaired) electrons. The average molecular weight is 414 g/mol. The Kier molecular flexibility index (Phi) is 6.93. The molecule has 0 saturated heterocycles. The summed E-state index contributed by atoms with van der Waals surface area (Å²) in [5.74, 6) is 6.85. The number of aromatic nitrogens is 1. The first-order valence-electron chi connectivity index (χ1n) is 9.11. The third-order valence-electron chi connectivity index (χ3n) is 4.61. The van der Waals surface area contributed by atoms with E-state index in [0.29, 0.717) is 24.3 Å². The number of carbonyl (C=O) groups is 1. The topological polar surface area (TPSA) is 48.4 Å². The van der Waals surface area contributed by atoms with E-state index in [1.54, 1.807) is 19.1 Å². The number of pyridine rings is 1. The van der Waals surface area contributed by atoms with Crippen LogP contribution in [0.4, 0.5) is 0 Å². The molecule has 0 bridgehead atoms. The number of fused-ring (bicyclic) bond motifs is 1. The van der Waals surface area contributed by atoms with Gasteiger partial charge in [-0.25, -0.2) is 9.78 Å². The van der Waals surface area contributed by atoms with E-state index in [4.69, 9.17) is 9.47 Å². The quantitative estimate of drug-likeness (QED) is 0.408. The van der Waals surface area contributed by atoms with Gasteiger partial charge < -0.3 is 9.47 Å². The van der Waals surface area contributed by atoms with Crippen LogP contribution in [0.15, 0.2) is 36.5 Å². The molecule has 6 heteroatoms. The molecule has 28 heavy (non-hydrogen) atoms. The van der Waals surface area contributed by atoms with E-state index in [9.17, 15) is 4.79 Å². The Hall–Kier alpha value is -2.10. The summed E-state index contributed by atoms with van der Waals surface area (Å²) in [5, 5.41) is 0. The van der Waals surface area contributed by atoms with E-state index < -0.39 is 0 Å². The zero-order chi connectivity index (χ0) is 20.0. The maximum absolute atomic E-state index is 11.7. The van der Waals surface area contributed by atoms with E-state index in [1.165, 1.54) is 11.8 Å². The fourth-order valence-corrected chi connectivity index (χ4v) is 5.16. The average Bonchev–Trinajstić information content (AvgIpc) is 2.74. The van der Waals surface area contributed by atoms with E-state index in [0.717, 1.165) is 24.3 Å². The fourth-order valence-electron chi connectivity index (χ4n) is 3.16. The van der Waals surface area contributed by atoms with Gasteiger partial charge in [0.25, 0.3) is 0 Å². The van der Waals surface area contributed by atoms with Crippen LogP contribution in [0, 0.1) is 11.8 Å². The van der Waals surface area contributed by atoms with E-state index in [2.05, 4.69) is 47.5 Å². The number of hydrogen-bond donors (Lipinski definition) is 0. The summed E-state index contributed by atoms with van der Waals surface area (Å²) in [5.41, 5.74) is 3.40. The van der Waals surface area contributed by atoms with Gasteiger partial charge in [0.15, 0.2) is 0 Å². The van der Waals surface area contributed by atoms with Crippen molar-refractivity contribution in [2.24, 2.45) is 0 Å². The van der Waals surface area contributed by atoms with Gasteiger partial charge in [0.2, 0.25) is 0 Å². The van der Waals surface area contributed by atoms with Crippen molar-refractivity contribution >= 4 is 29.5 Å². The van der Waals surface area contributed by atoms with Crippen molar-refractivity contribution in [1.29, 1.82) is 0 Å². The maximum atomic E-state index is 11.7. The van der Waals surface area contributed by atoms with Gasteiger partial charge >= 0.3 is 5.97 Å². The number of para-hydroxylation sites is 1. The molecule has 1 aliphatic rings. The van der Waals surface area contributed by atoms with Crippen molar-refractivity contribution in [1.82, 2.24) is 4.98 Å². The van der Waals surface area contributed by atoms with Crippen LogP contribution in [0.2, 0.25) is 0 Å². The van der Waals surface area contributed by atoms with E-state index in [-0.39, 0.29) is 10.0 Å². The molecule has 3 rings (SSSR count). The molecule has 0 spiro atoms. The van der Waals surface area contributed by atoms with Crippen LogP contribution < -0.4 is 4.74 Å². The predicted molar refractivity (Wildman–Crippen MR) is 116 cm³/mol. The number of benzene rings is 1. The van der Waals surface area contributed by atoms with Crippen molar-refractivity contribution in [3.05, 3.63) is 58.9 Å². The summed E-state index contributed by atoms with van der Waals surface area (Å²) in [7, 11) is 0. The number of nitrogens with zero attached hydrogens (tertiary/aromatic N) is 1. The van der Waals surface area contributed by atoms with Crippen LogP contribution in [0.25, 0.3) is 0 Å². The van der Waals surface area contributed by atoms with Gasteiger partial charge in [-0.05, 0) is 37.5 Å². The summed E-state index contributed by atoms with van der Waals surface area (Å²) in [4.78, 5) is 15.9. The lowest BCUT2D eigenvalue weighted by Gasteiger charge is -2.36. The molecule has 0 amide bonds. The normalized spacial score (nSPS) is 14.2. The SMILES string of the molecule is CCOC(=O)c1ccc(C#CCc2cccc3c2OCCC3(SC)SC)nc1. The number of rotatable bonds is 5. The Morgan fingerprint density at radius 3 is 2.79 bits per heavy atom. The molecule has 0 atom stereocenters. The second kappa shape index (κ2) is 9.40. The molecular formula is C22H23NO3S2. The van der Waals surface area contributed by atoms with Crippen LogP contribution >= 0.6 is 23.5 Å². The first kappa shape index (κ1) is 20.6. The maximum Gasteiger partial charge on any atom is 0.339 e. The van der Waals surface area contributed by atoms with Gasteiger partial charge in [0, 0.05) is 30.2 Å². The Balaban J connectivity index is 1.77. The van der Waals surface area contributed by atoms with Crippen LogP contribution in [0.1, 0.15) is 40.5 Å². The minimum atomic E-state index is -0.367. The third kappa shape index (κ3) is 4.31. The second-order valence-corrected chi connectivity index (χ2v) is 8.65. The molecule has 2 aromatic rings. The molecule has 0 aliphatic carbocycles. The Morgan fingerprint density at radius 1 is 1.29 bits per heavy atom. The molecule has 1 aromatic carbocycles. The largest absolute Gasteiger partial charge is 0.493 e. The van der Waals surface area contributed by atoms with Crippen molar-refractivity contribution in [2.75, 3.05) is 25.7 Å². The number of ether oxygens (including phenoxy) is 2. The van der Waals surface area contributed by atoms with Gasteiger partial charge in [-0.2, -0.15) is 0 Å². The first-order valence-corrected chi connectivity index (χ1v) is 11.6. The molecule has 0 N–H and O–H groups in total. The van der Waals surface area contributed by atoms with E-state index in [1.807, 2.05) is 23.5 Å².